The summed E-state index contributed by atoms with van der Waals surface area (Å²) in [5.74, 6) is 5.08. The monoisotopic (exact) mass is 191 g/mol. The molecule has 3 nitrogen and oxygen atoms in total. The lowest BCUT2D eigenvalue weighted by Gasteiger charge is -2.06. The summed E-state index contributed by atoms with van der Waals surface area (Å²) in [5, 5.41) is 0.828. The predicted molar refractivity (Wildman–Crippen MR) is 54.2 cm³/mol. The van der Waals surface area contributed by atoms with Crippen LogP contribution in [0.3, 0.4) is 0 Å². The quantitative estimate of drug-likeness (QED) is 0.535. The van der Waals surface area contributed by atoms with Crippen LogP contribution in [0.1, 0.15) is 5.56 Å². The van der Waals surface area contributed by atoms with Gasteiger partial charge in [0, 0.05) is 17.6 Å². The Labute approximate surface area is 80.7 Å². The average molecular weight is 191 g/mol. The van der Waals surface area contributed by atoms with E-state index in [1.54, 1.807) is 25.3 Å². The fourth-order valence-electron chi connectivity index (χ4n) is 1.40. The van der Waals surface area contributed by atoms with Crippen LogP contribution in [-0.4, -0.2) is 4.98 Å². The molecule has 0 bridgehead atoms. The highest BCUT2D eigenvalue weighted by molar-refractivity contribution is 5.91. The maximum atomic E-state index is 13.2. The average Bonchev–Trinajstić information content (AvgIpc) is 2.19. The van der Waals surface area contributed by atoms with Crippen molar-refractivity contribution < 1.29 is 4.39 Å². The van der Waals surface area contributed by atoms with E-state index in [4.69, 9.17) is 5.84 Å². The van der Waals surface area contributed by atoms with E-state index in [1.165, 1.54) is 6.07 Å². The summed E-state index contributed by atoms with van der Waals surface area (Å²) in [7, 11) is 0. The van der Waals surface area contributed by atoms with E-state index in [-0.39, 0.29) is 5.82 Å². The molecule has 72 valence electrons. The third-order valence-corrected chi connectivity index (χ3v) is 2.18. The highest BCUT2D eigenvalue weighted by Crippen LogP contribution is 2.23. The third-order valence-electron chi connectivity index (χ3n) is 2.18. The second-order valence-electron chi connectivity index (χ2n) is 3.12. The number of nitrogens with two attached hydrogens (primary N) is 1. The molecule has 0 atom stereocenters. The van der Waals surface area contributed by atoms with Crippen LogP contribution < -0.4 is 11.3 Å². The van der Waals surface area contributed by atoms with Crippen molar-refractivity contribution in [1.82, 2.24) is 4.98 Å². The minimum absolute atomic E-state index is 0.251. The molecule has 0 aliphatic heterocycles. The van der Waals surface area contributed by atoms with Gasteiger partial charge in [0.15, 0.2) is 0 Å². The van der Waals surface area contributed by atoms with E-state index in [2.05, 4.69) is 10.4 Å². The summed E-state index contributed by atoms with van der Waals surface area (Å²) in [4.78, 5) is 4.06. The second kappa shape index (κ2) is 3.23. The summed E-state index contributed by atoms with van der Waals surface area (Å²) >= 11 is 0. The molecule has 0 radical (unpaired) electrons. The summed E-state index contributed by atoms with van der Waals surface area (Å²) in [6.07, 6.45) is 1.59. The Balaban J connectivity index is 2.81. The van der Waals surface area contributed by atoms with Gasteiger partial charge in [0.2, 0.25) is 0 Å². The highest BCUT2D eigenvalue weighted by atomic mass is 19.1. The topological polar surface area (TPSA) is 50.9 Å². The Morgan fingerprint density at radius 2 is 2.21 bits per heavy atom. The van der Waals surface area contributed by atoms with Crippen molar-refractivity contribution in [2.45, 2.75) is 6.92 Å². The molecule has 1 heterocycles. The molecule has 3 N–H and O–H groups in total. The molecule has 0 saturated heterocycles. The number of halogens is 1. The molecular formula is C10H10FN3. The van der Waals surface area contributed by atoms with Gasteiger partial charge in [-0.25, -0.2) is 4.39 Å². The number of hydrogen-bond acceptors (Lipinski definition) is 3. The zero-order valence-electron chi connectivity index (χ0n) is 7.71. The smallest absolute Gasteiger partial charge is 0.128 e. The number of aromatic nitrogens is 1. The lowest BCUT2D eigenvalue weighted by atomic mass is 10.1. The van der Waals surface area contributed by atoms with Crippen LogP contribution in [0.15, 0.2) is 24.4 Å². The molecule has 1 aromatic carbocycles. The molecule has 0 saturated carbocycles. The fraction of sp³-hybridized carbons (Fsp3) is 0.100. The molecular weight excluding hydrogens is 181 g/mol. The number of aryl methyl sites for hydroxylation is 1. The number of rotatable bonds is 1. The van der Waals surface area contributed by atoms with Gasteiger partial charge >= 0.3 is 0 Å². The normalized spacial score (nSPS) is 10.5. The Hall–Kier alpha value is -1.68. The van der Waals surface area contributed by atoms with Gasteiger partial charge in [-0.3, -0.25) is 10.8 Å². The number of pyridine rings is 1. The summed E-state index contributed by atoms with van der Waals surface area (Å²) in [6, 6.07) is 4.89. The van der Waals surface area contributed by atoms with Gasteiger partial charge in [0.05, 0.1) is 11.2 Å². The molecule has 0 aliphatic rings. The predicted octanol–water partition coefficient (Wildman–Crippen LogP) is 1.97. The lowest BCUT2D eigenvalue weighted by molar-refractivity contribution is 0.620. The van der Waals surface area contributed by atoms with Gasteiger partial charge in [-0.05, 0) is 24.6 Å². The Morgan fingerprint density at radius 3 is 2.93 bits per heavy atom. The van der Waals surface area contributed by atoms with Crippen molar-refractivity contribution in [2.24, 2.45) is 5.84 Å². The standard InChI is InChI=1S/C10H10FN3/c1-6-4-7-9(14-12)2-3-13-10(7)5-8(6)11/h2-5H,12H2,1H3,(H,13,14). The van der Waals surface area contributed by atoms with Crippen molar-refractivity contribution in [3.8, 4) is 0 Å². The van der Waals surface area contributed by atoms with Crippen LogP contribution in [0.25, 0.3) is 10.9 Å². The SMILES string of the molecule is Cc1cc2c(NN)ccnc2cc1F. The van der Waals surface area contributed by atoms with Gasteiger partial charge in [-0.15, -0.1) is 0 Å². The first kappa shape index (κ1) is 8.90. The number of nitrogen functional groups attached to an aromatic ring is 1. The van der Waals surface area contributed by atoms with E-state index >= 15 is 0 Å². The Kier molecular flexibility index (Phi) is 2.05. The van der Waals surface area contributed by atoms with Gasteiger partial charge in [0.25, 0.3) is 0 Å². The first-order valence-corrected chi connectivity index (χ1v) is 4.24. The van der Waals surface area contributed by atoms with Crippen molar-refractivity contribution in [3.63, 3.8) is 0 Å². The van der Waals surface area contributed by atoms with Crippen LogP contribution in [0.2, 0.25) is 0 Å². The molecule has 2 rings (SSSR count). The molecule has 0 amide bonds. The van der Waals surface area contributed by atoms with Crippen LogP contribution in [-0.2, 0) is 0 Å². The van der Waals surface area contributed by atoms with Crippen LogP contribution in [0, 0.1) is 12.7 Å². The van der Waals surface area contributed by atoms with Crippen molar-refractivity contribution in [2.75, 3.05) is 5.43 Å². The summed E-state index contributed by atoms with van der Waals surface area (Å²) in [6.45, 7) is 1.71. The zero-order chi connectivity index (χ0) is 10.1. The minimum Gasteiger partial charge on any atom is -0.323 e. The van der Waals surface area contributed by atoms with Gasteiger partial charge in [0.1, 0.15) is 5.82 Å². The number of hydrogen-bond donors (Lipinski definition) is 2. The first-order valence-electron chi connectivity index (χ1n) is 4.24. The fourth-order valence-corrected chi connectivity index (χ4v) is 1.40. The summed E-state index contributed by atoms with van der Waals surface area (Å²) in [5.41, 5.74) is 4.49. The van der Waals surface area contributed by atoms with Crippen LogP contribution >= 0.6 is 0 Å². The van der Waals surface area contributed by atoms with Crippen molar-refractivity contribution in [3.05, 3.63) is 35.8 Å². The molecule has 0 spiro atoms. The maximum absolute atomic E-state index is 13.2. The molecule has 0 fully saturated rings. The Bertz CT molecular complexity index is 482. The maximum Gasteiger partial charge on any atom is 0.128 e. The molecule has 2 aromatic rings. The van der Waals surface area contributed by atoms with Crippen LogP contribution in [0.4, 0.5) is 10.1 Å². The number of benzene rings is 1. The largest absolute Gasteiger partial charge is 0.323 e. The van der Waals surface area contributed by atoms with E-state index in [0.717, 1.165) is 11.1 Å². The number of nitrogens with one attached hydrogen (secondary N) is 1. The number of fused-ring (bicyclic) bond motifs is 1. The number of hydrazine groups is 1. The molecule has 14 heavy (non-hydrogen) atoms. The van der Waals surface area contributed by atoms with Crippen molar-refractivity contribution in [1.29, 1.82) is 0 Å². The molecule has 0 aliphatic carbocycles. The molecule has 1 aromatic heterocycles. The highest BCUT2D eigenvalue weighted by Gasteiger charge is 2.04. The van der Waals surface area contributed by atoms with E-state index in [0.29, 0.717) is 11.1 Å². The van der Waals surface area contributed by atoms with Crippen LogP contribution in [0.5, 0.6) is 0 Å². The van der Waals surface area contributed by atoms with E-state index in [9.17, 15) is 4.39 Å². The van der Waals surface area contributed by atoms with Crippen molar-refractivity contribution >= 4 is 16.6 Å². The zero-order valence-corrected chi connectivity index (χ0v) is 7.71. The second-order valence-corrected chi connectivity index (χ2v) is 3.12. The number of anilines is 1. The number of nitrogens with zero attached hydrogens (tertiary/aromatic N) is 1. The minimum atomic E-state index is -0.251. The molecule has 4 heteroatoms. The van der Waals surface area contributed by atoms with Gasteiger partial charge in [-0.2, -0.15) is 0 Å². The lowest BCUT2D eigenvalue weighted by Crippen LogP contribution is -2.07. The first-order chi connectivity index (χ1) is 6.72. The molecule has 0 unspecified atom stereocenters. The summed E-state index contributed by atoms with van der Waals surface area (Å²) < 4.78 is 13.2. The van der Waals surface area contributed by atoms with E-state index < -0.39 is 0 Å². The Morgan fingerprint density at radius 1 is 1.43 bits per heavy atom. The van der Waals surface area contributed by atoms with Gasteiger partial charge < -0.3 is 5.43 Å². The van der Waals surface area contributed by atoms with E-state index in [1.807, 2.05) is 0 Å². The third kappa shape index (κ3) is 1.29. The van der Waals surface area contributed by atoms with Gasteiger partial charge in [-0.1, -0.05) is 0 Å².